The molecule has 1 aliphatic carbocycles. The average molecular weight is 492 g/mol. The van der Waals surface area contributed by atoms with Crippen LogP contribution in [0.2, 0.25) is 0 Å². The zero-order valence-corrected chi connectivity index (χ0v) is 21.1. The maximum Gasteiger partial charge on any atom is 0.416 e. The number of carboxylic acids is 1. The van der Waals surface area contributed by atoms with Crippen molar-refractivity contribution in [2.75, 3.05) is 0 Å². The molecule has 0 bridgehead atoms. The minimum atomic E-state index is -4.35. The molecular weight excluding hydrogens is 451 g/mol. The third-order valence-corrected chi connectivity index (χ3v) is 6.72. The van der Waals surface area contributed by atoms with Crippen LogP contribution in [0.4, 0.5) is 13.2 Å². The minimum absolute atomic E-state index is 0. The Morgan fingerprint density at radius 3 is 2.00 bits per heavy atom. The molecule has 0 unspecified atom stereocenters. The summed E-state index contributed by atoms with van der Waals surface area (Å²) in [4.78, 5) is 11.3. The topological polar surface area (TPSA) is 49.3 Å². The lowest BCUT2D eigenvalue weighted by atomic mass is 9.73. The van der Waals surface area contributed by atoms with Crippen LogP contribution in [0.25, 0.3) is 0 Å². The first-order chi connectivity index (χ1) is 15.0. The second kappa shape index (κ2) is 13.6. The van der Waals surface area contributed by atoms with Gasteiger partial charge in [0.2, 0.25) is 0 Å². The number of alkyl halides is 3. The van der Waals surface area contributed by atoms with E-state index in [0.29, 0.717) is 24.3 Å². The van der Waals surface area contributed by atoms with Crippen LogP contribution in [0.15, 0.2) is 24.3 Å². The average Bonchev–Trinajstić information content (AvgIpc) is 2.69. The molecule has 7 heteroatoms. The molecule has 3 nitrogen and oxygen atoms in total. The second-order valence-corrected chi connectivity index (χ2v) is 10.4. The van der Waals surface area contributed by atoms with Crippen LogP contribution in [-0.2, 0) is 11.0 Å². The van der Waals surface area contributed by atoms with E-state index in [4.69, 9.17) is 0 Å². The molecule has 1 aliphatic rings. The summed E-state index contributed by atoms with van der Waals surface area (Å²) < 4.78 is 39.1. The maximum atomic E-state index is 13.0. The van der Waals surface area contributed by atoms with Gasteiger partial charge >= 0.3 is 12.1 Å². The van der Waals surface area contributed by atoms with Crippen molar-refractivity contribution in [1.29, 1.82) is 0 Å². The number of carboxylic acid groups (broad SMARTS) is 1. The van der Waals surface area contributed by atoms with E-state index in [1.54, 1.807) is 12.1 Å². The van der Waals surface area contributed by atoms with Gasteiger partial charge in [0.15, 0.2) is 0 Å². The highest BCUT2D eigenvalue weighted by Gasteiger charge is 2.35. The molecule has 1 saturated carbocycles. The summed E-state index contributed by atoms with van der Waals surface area (Å²) in [5.74, 6) is 0.517. The monoisotopic (exact) mass is 491 g/mol. The number of nitrogens with one attached hydrogen (secondary N) is 1. The third kappa shape index (κ3) is 10.3. The zero-order chi connectivity index (χ0) is 23.9. The molecule has 0 spiro atoms. The van der Waals surface area contributed by atoms with Crippen LogP contribution in [-0.4, -0.2) is 23.2 Å². The van der Waals surface area contributed by atoms with E-state index in [0.717, 1.165) is 56.2 Å². The van der Waals surface area contributed by atoms with Crippen molar-refractivity contribution in [3.63, 3.8) is 0 Å². The fourth-order valence-corrected chi connectivity index (χ4v) is 4.86. The fourth-order valence-electron chi connectivity index (χ4n) is 4.86. The lowest BCUT2D eigenvalue weighted by Crippen LogP contribution is -2.45. The Kier molecular flexibility index (Phi) is 12.2. The molecule has 0 aliphatic heterocycles. The molecule has 2 rings (SSSR count). The smallest absolute Gasteiger partial charge is 0.416 e. The highest BCUT2D eigenvalue weighted by molar-refractivity contribution is 5.85. The van der Waals surface area contributed by atoms with Gasteiger partial charge < -0.3 is 10.4 Å². The molecule has 1 aromatic carbocycles. The molecule has 0 radical (unpaired) electrons. The van der Waals surface area contributed by atoms with Crippen molar-refractivity contribution >= 4 is 18.4 Å². The zero-order valence-electron chi connectivity index (χ0n) is 20.3. The van der Waals surface area contributed by atoms with Gasteiger partial charge in [-0.3, -0.25) is 4.79 Å². The summed E-state index contributed by atoms with van der Waals surface area (Å²) in [7, 11) is 0. The standard InChI is InChI=1S/C26H40F3NO2.ClH/c1-17(2)5-12-22(13-6-18(3)4)30-24-14-7-19(16-25(31)32)15-23(24)20-8-10-21(11-9-20)26(27,28)29;/h8-11,17-19,22-24,30H,5-7,12-16H2,1-4H3,(H,31,32);1H/t19-,23+,24-;/m1./s1. The van der Waals surface area contributed by atoms with Crippen molar-refractivity contribution in [2.24, 2.45) is 17.8 Å². The van der Waals surface area contributed by atoms with Gasteiger partial charge in [-0.05, 0) is 86.3 Å². The molecule has 2 N–H and O–H groups in total. The first-order valence-corrected chi connectivity index (χ1v) is 12.1. The minimum Gasteiger partial charge on any atom is -0.481 e. The molecule has 0 saturated heterocycles. The normalized spacial score (nSPS) is 21.5. The Morgan fingerprint density at radius 1 is 1.00 bits per heavy atom. The van der Waals surface area contributed by atoms with E-state index in [2.05, 4.69) is 33.0 Å². The molecule has 3 atom stereocenters. The number of benzene rings is 1. The lowest BCUT2D eigenvalue weighted by Gasteiger charge is -2.39. The molecule has 0 heterocycles. The van der Waals surface area contributed by atoms with Crippen LogP contribution >= 0.6 is 12.4 Å². The first kappa shape index (κ1) is 29.8. The Bertz CT molecular complexity index is 694. The van der Waals surface area contributed by atoms with Gasteiger partial charge in [-0.25, -0.2) is 0 Å². The summed E-state index contributed by atoms with van der Waals surface area (Å²) in [6.07, 6.45) is 2.58. The van der Waals surface area contributed by atoms with Gasteiger partial charge in [-0.2, -0.15) is 13.2 Å². The van der Waals surface area contributed by atoms with Crippen molar-refractivity contribution < 1.29 is 23.1 Å². The van der Waals surface area contributed by atoms with Crippen molar-refractivity contribution in [2.45, 2.75) is 103 Å². The van der Waals surface area contributed by atoms with Crippen LogP contribution in [0.1, 0.15) is 96.1 Å². The van der Waals surface area contributed by atoms with E-state index >= 15 is 0 Å². The predicted octanol–water partition coefficient (Wildman–Crippen LogP) is 7.68. The largest absolute Gasteiger partial charge is 0.481 e. The summed E-state index contributed by atoms with van der Waals surface area (Å²) in [6, 6.07) is 6.01. The van der Waals surface area contributed by atoms with Gasteiger partial charge in [0, 0.05) is 18.5 Å². The predicted molar refractivity (Wildman–Crippen MR) is 130 cm³/mol. The third-order valence-electron chi connectivity index (χ3n) is 6.72. The highest BCUT2D eigenvalue weighted by Crippen LogP contribution is 2.39. The summed E-state index contributed by atoms with van der Waals surface area (Å²) in [5, 5.41) is 13.1. The molecule has 1 aromatic rings. The van der Waals surface area contributed by atoms with Crippen molar-refractivity contribution in [3.8, 4) is 0 Å². The fraction of sp³-hybridized carbons (Fsp3) is 0.731. The van der Waals surface area contributed by atoms with Gasteiger partial charge in [-0.15, -0.1) is 12.4 Å². The Hall–Kier alpha value is -1.27. The van der Waals surface area contributed by atoms with E-state index in [1.807, 2.05) is 0 Å². The van der Waals surface area contributed by atoms with Crippen LogP contribution in [0.3, 0.4) is 0 Å². The molecule has 0 amide bonds. The summed E-state index contributed by atoms with van der Waals surface area (Å²) >= 11 is 0. The molecule has 1 fully saturated rings. The van der Waals surface area contributed by atoms with Crippen molar-refractivity contribution in [3.05, 3.63) is 35.4 Å². The molecule has 33 heavy (non-hydrogen) atoms. The van der Waals surface area contributed by atoms with Gasteiger partial charge in [0.05, 0.1) is 5.56 Å². The van der Waals surface area contributed by atoms with E-state index in [9.17, 15) is 23.1 Å². The number of hydrogen-bond acceptors (Lipinski definition) is 2. The molecular formula is C26H41ClF3NO2. The number of halogens is 4. The quantitative estimate of drug-likeness (QED) is 0.333. The van der Waals surface area contributed by atoms with Gasteiger partial charge in [0.25, 0.3) is 0 Å². The number of hydrogen-bond donors (Lipinski definition) is 2. The van der Waals surface area contributed by atoms with E-state index in [-0.39, 0.29) is 36.7 Å². The molecule has 0 aromatic heterocycles. The first-order valence-electron chi connectivity index (χ1n) is 12.1. The SMILES string of the molecule is CC(C)CCC(CCC(C)C)N[C@@H]1CC[C@@H](CC(=O)O)C[C@H]1c1ccc(C(F)(F)F)cc1.Cl. The number of aliphatic carboxylic acids is 1. The highest BCUT2D eigenvalue weighted by atomic mass is 35.5. The summed E-state index contributed by atoms with van der Waals surface area (Å²) in [5.41, 5.74) is 0.229. The van der Waals surface area contributed by atoms with Crippen LogP contribution in [0.5, 0.6) is 0 Å². The van der Waals surface area contributed by atoms with E-state index in [1.165, 1.54) is 0 Å². The lowest BCUT2D eigenvalue weighted by molar-refractivity contribution is -0.139. The van der Waals surface area contributed by atoms with Crippen molar-refractivity contribution in [1.82, 2.24) is 5.32 Å². The van der Waals surface area contributed by atoms with Gasteiger partial charge in [-0.1, -0.05) is 39.8 Å². The van der Waals surface area contributed by atoms with Crippen LogP contribution < -0.4 is 5.32 Å². The Labute approximate surface area is 203 Å². The summed E-state index contributed by atoms with van der Waals surface area (Å²) in [6.45, 7) is 8.90. The van der Waals surface area contributed by atoms with Gasteiger partial charge in [0.1, 0.15) is 0 Å². The Balaban J connectivity index is 0.00000544. The molecule has 190 valence electrons. The number of carbonyl (C=O) groups is 1. The Morgan fingerprint density at radius 2 is 1.55 bits per heavy atom. The maximum absolute atomic E-state index is 13.0. The number of rotatable bonds is 11. The second-order valence-electron chi connectivity index (χ2n) is 10.4. The van der Waals surface area contributed by atoms with Crippen LogP contribution in [0, 0.1) is 17.8 Å². The van der Waals surface area contributed by atoms with E-state index < -0.39 is 17.7 Å².